The highest BCUT2D eigenvalue weighted by Gasteiger charge is 2.56. The second-order valence-corrected chi connectivity index (χ2v) is 41.2. The molecular weight excluding hydrogens is 1910 g/mol. The lowest BCUT2D eigenvalue weighted by Crippen LogP contribution is -2.55. The molecule has 0 spiro atoms. The van der Waals surface area contributed by atoms with E-state index >= 15 is 0 Å². The first-order valence-electron chi connectivity index (χ1n) is 45.0. The molecule has 40 heteroatoms. The maximum atomic E-state index is 14.6. The molecule has 0 unspecified atom stereocenters. The zero-order valence-corrected chi connectivity index (χ0v) is 79.0. The van der Waals surface area contributed by atoms with Crippen molar-refractivity contribution in [1.82, 2.24) is 50.7 Å². The minimum absolute atomic E-state index is 0.00186. The molecule has 10 aromatic rings. The Hall–Kier alpha value is -13.0. The quantitative estimate of drug-likeness (QED) is 0.0275. The zero-order chi connectivity index (χ0) is 102. The molecule has 5 aliphatic heterocycles. The molecule has 0 aromatic heterocycles. The number of hydroxylamine groups is 5. The van der Waals surface area contributed by atoms with Gasteiger partial charge in [-0.3, -0.25) is 64.4 Å². The number of halogens is 10. The highest BCUT2D eigenvalue weighted by molar-refractivity contribution is 7.89. The predicted octanol–water partition coefficient (Wildman–Crippen LogP) is 16.5. The van der Waals surface area contributed by atoms with Gasteiger partial charge < -0.3 is 19.4 Å². The third-order valence-electron chi connectivity index (χ3n) is 26.9. The van der Waals surface area contributed by atoms with Crippen LogP contribution in [0, 0.1) is 40.6 Å². The third-order valence-corrected chi connectivity index (χ3v) is 30.9. The number of methoxy groups -OCH3 is 1. The molecule has 10 N–H and O–H groups in total. The van der Waals surface area contributed by atoms with E-state index in [1.807, 2.05) is 49.9 Å². The molecule has 141 heavy (non-hydrogen) atoms. The smallest absolute Gasteiger partial charge is 0.416 e. The Morgan fingerprint density at radius 3 is 1.17 bits per heavy atom. The Morgan fingerprint density at radius 1 is 0.376 bits per heavy atom. The number of aryl methyl sites for hydroxylation is 1. The van der Waals surface area contributed by atoms with Crippen LogP contribution in [0.25, 0.3) is 11.1 Å². The average molecular weight is 2010 g/mol. The maximum Gasteiger partial charge on any atom is 0.416 e. The number of benzene rings is 10. The predicted molar refractivity (Wildman–Crippen MR) is 494 cm³/mol. The Labute approximate surface area is 810 Å². The summed E-state index contributed by atoms with van der Waals surface area (Å²) in [5, 5.41) is 44.2. The Balaban J connectivity index is 0.000000140. The molecule has 0 radical (unpaired) electrons. The van der Waals surface area contributed by atoms with Crippen LogP contribution in [0.4, 0.5) is 39.5 Å². The molecule has 28 nitrogen and oxygen atoms in total. The topological polar surface area (TPSA) is 392 Å². The van der Waals surface area contributed by atoms with Gasteiger partial charge in [-0.1, -0.05) is 74.8 Å². The van der Waals surface area contributed by atoms with Gasteiger partial charge in [0.05, 0.1) is 33.4 Å². The molecular formula is C101H100ClF9N10O18S2. The van der Waals surface area contributed by atoms with E-state index in [0.717, 1.165) is 148 Å². The highest BCUT2D eigenvalue weighted by atomic mass is 35.5. The number of hydrogen-bond acceptors (Lipinski definition) is 18. The summed E-state index contributed by atoms with van der Waals surface area (Å²) in [4.78, 5) is 102. The van der Waals surface area contributed by atoms with E-state index in [9.17, 15) is 94.7 Å². The summed E-state index contributed by atoms with van der Waals surface area (Å²) < 4.78 is 179. The van der Waals surface area contributed by atoms with E-state index in [1.165, 1.54) is 96.0 Å². The van der Waals surface area contributed by atoms with Crippen molar-refractivity contribution >= 4 is 78.9 Å². The van der Waals surface area contributed by atoms with Crippen molar-refractivity contribution in [1.29, 1.82) is 0 Å². The van der Waals surface area contributed by atoms with Crippen LogP contribution in [0.5, 0.6) is 5.75 Å². The van der Waals surface area contributed by atoms with E-state index in [-0.39, 0.29) is 124 Å². The summed E-state index contributed by atoms with van der Waals surface area (Å²) in [6, 6.07) is 44.4. The van der Waals surface area contributed by atoms with E-state index in [4.69, 9.17) is 42.4 Å². The lowest BCUT2D eigenvalue weighted by Gasteiger charge is -2.56. The van der Waals surface area contributed by atoms with Crippen LogP contribution in [-0.2, 0) is 107 Å². The Morgan fingerprint density at radius 2 is 0.738 bits per heavy atom. The fourth-order valence-corrected chi connectivity index (χ4v) is 23.0. The van der Waals surface area contributed by atoms with Crippen LogP contribution in [0.2, 0.25) is 5.02 Å². The molecule has 0 saturated heterocycles. The van der Waals surface area contributed by atoms with Crippen molar-refractivity contribution in [2.45, 2.75) is 158 Å². The van der Waals surface area contributed by atoms with Crippen molar-refractivity contribution < 1.29 is 125 Å². The number of sulfonamides is 2. The van der Waals surface area contributed by atoms with Crippen LogP contribution < -0.4 is 32.1 Å². The van der Waals surface area contributed by atoms with Crippen molar-refractivity contribution in [3.63, 3.8) is 0 Å². The minimum atomic E-state index is -4.48. The van der Waals surface area contributed by atoms with Gasteiger partial charge in [-0.15, -0.1) is 0 Å². The molecule has 4 aliphatic carbocycles. The number of rotatable bonds is 14. The van der Waals surface area contributed by atoms with Gasteiger partial charge in [0.25, 0.3) is 41.4 Å². The normalized spacial score (nSPS) is 18.0. The van der Waals surface area contributed by atoms with Gasteiger partial charge in [0, 0.05) is 121 Å². The number of nitrogens with zero attached hydrogens (tertiary/aromatic N) is 5. The van der Waals surface area contributed by atoms with Crippen LogP contribution in [-0.4, -0.2) is 153 Å². The van der Waals surface area contributed by atoms with E-state index in [0.29, 0.717) is 84.2 Å². The maximum absolute atomic E-state index is 14.6. The fraction of sp³-hybridized carbons (Fsp3) is 0.327. The summed E-state index contributed by atoms with van der Waals surface area (Å²) in [7, 11) is -6.01. The standard InChI is InChI=1S/C23H21FN2O5S.C21H25ClN2O3.C20H18F4N2O3.C20H23FN2O4S.C17H13F3N2O3/c1-31-19-6-2-15(3-7-19)16-4-8-20(9-5-16)32(29,30)26-11-10-17-12-18(23(27)25-28)13-22(24)21(17)14-26;22-18-7-16(19(25)23-27)6-15-1-2-24(11-17(15)18)20(26)21-8-12-3-13(9-21)5-14(4-12)10-21;21-17-11-14(18(27)25-29)10-13-2-1-8-26(9-7-16(13)17)19(28)12-3-5-15(6-4-12)20(22,23)24;1-20(2,3)15-4-6-16(7-5-15)28(26,27)23-9-8-13-10-14(19(24)22-25)11-18(21)17(13)12-23;18-17(19,20)14-5-3-10(4-6-14)16(24)22-8-12-2-1-11(15(23)21-25)7-13(12)9-22/h2-9,12-13,28H,10-11,14H2,1H3,(H,25,27);6-7,12-14,27H,1-5,8-11H2,(H,23,25);3-6,10-11,29H,1-2,7-9H2,(H,25,27);4-7,10-11,25H,8-9,12H2,1-3H3,(H,22,24);1-7,25H,8-9H2,(H,21,23). The summed E-state index contributed by atoms with van der Waals surface area (Å²) in [5.41, 5.74) is 15.5. The number of alkyl halides is 6. The Kier molecular flexibility index (Phi) is 31.6. The van der Waals surface area contributed by atoms with Gasteiger partial charge in [-0.25, -0.2) is 57.4 Å². The largest absolute Gasteiger partial charge is 0.497 e. The molecule has 744 valence electrons. The minimum Gasteiger partial charge on any atom is -0.497 e. The molecule has 8 amide bonds. The van der Waals surface area contributed by atoms with Gasteiger partial charge in [0.1, 0.15) is 23.2 Å². The van der Waals surface area contributed by atoms with E-state index < -0.39 is 102 Å². The first-order chi connectivity index (χ1) is 66.8. The second-order valence-electron chi connectivity index (χ2n) is 36.9. The SMILES string of the molecule is CC(C)(C)c1ccc(S(=O)(=O)N2CCc3cc(C(=O)NO)cc(F)c3C2)cc1.COc1ccc(-c2ccc(S(=O)(=O)N3CCc4cc(C(=O)NO)cc(F)c4C3)cc2)cc1.O=C(NO)c1cc(Cl)c2c(c1)CCN(C(=O)C13CC4CC(CC(C4)C1)C3)C2.O=C(NO)c1cc(F)c2c(c1)CCCN(C(=O)c1ccc(C(F)(F)F)cc1)CC2.O=C(NO)c1ccc2c(c1)CN(C(=O)c1ccc(C(F)(F)F)cc1)C2. The Bertz CT molecular complexity index is 6670. The van der Waals surface area contributed by atoms with E-state index in [2.05, 4.69) is 0 Å². The molecule has 0 atom stereocenters. The summed E-state index contributed by atoms with van der Waals surface area (Å²) in [6.45, 7) is 8.51. The lowest BCUT2D eigenvalue weighted by atomic mass is 9.49. The summed E-state index contributed by atoms with van der Waals surface area (Å²) >= 11 is 6.44. The van der Waals surface area contributed by atoms with E-state index in [1.54, 1.807) is 73.3 Å². The number of amides is 8. The number of ether oxygens (including phenoxy) is 1. The van der Waals surface area contributed by atoms with Crippen molar-refractivity contribution in [3.05, 3.63) is 322 Å². The third kappa shape index (κ3) is 23.4. The van der Waals surface area contributed by atoms with Crippen molar-refractivity contribution in [2.75, 3.05) is 39.8 Å². The molecule has 4 bridgehead atoms. The lowest BCUT2D eigenvalue weighted by molar-refractivity contribution is -0.158. The number of fused-ring (bicyclic) bond motifs is 5. The van der Waals surface area contributed by atoms with Crippen LogP contribution >= 0.6 is 11.6 Å². The van der Waals surface area contributed by atoms with Crippen LogP contribution in [0.1, 0.15) is 211 Å². The van der Waals surface area contributed by atoms with Crippen LogP contribution in [0.3, 0.4) is 0 Å². The molecule has 10 aromatic carbocycles. The number of carbonyl (C=O) groups excluding carboxylic acids is 8. The van der Waals surface area contributed by atoms with Gasteiger partial charge in [0.2, 0.25) is 26.0 Å². The van der Waals surface area contributed by atoms with Crippen LogP contribution in [0.15, 0.2) is 198 Å². The zero-order valence-electron chi connectivity index (χ0n) is 76.6. The molecule has 19 rings (SSSR count). The monoisotopic (exact) mass is 2010 g/mol. The number of hydrogen-bond donors (Lipinski definition) is 10. The van der Waals surface area contributed by atoms with Gasteiger partial charge in [-0.2, -0.15) is 35.0 Å². The molecule has 9 aliphatic rings. The summed E-state index contributed by atoms with van der Waals surface area (Å²) in [6.07, 6.45) is 0.613. The summed E-state index contributed by atoms with van der Waals surface area (Å²) in [5.74, 6) is -3.11. The van der Waals surface area contributed by atoms with Gasteiger partial charge >= 0.3 is 12.4 Å². The highest BCUT2D eigenvalue weighted by Crippen LogP contribution is 2.61. The van der Waals surface area contributed by atoms with Crippen molar-refractivity contribution in [2.24, 2.45) is 23.2 Å². The van der Waals surface area contributed by atoms with Gasteiger partial charge in [0.15, 0.2) is 0 Å². The first-order valence-corrected chi connectivity index (χ1v) is 48.3. The number of nitrogens with one attached hydrogen (secondary N) is 5. The van der Waals surface area contributed by atoms with Gasteiger partial charge in [-0.05, 0) is 307 Å². The average Bonchev–Trinajstić information content (AvgIpc) is 0.866. The molecule has 5 heterocycles. The molecule has 4 saturated carbocycles. The molecule has 4 fully saturated rings. The fourth-order valence-electron chi connectivity index (χ4n) is 19.8. The second kappa shape index (κ2) is 42.8. The first kappa shape index (κ1) is 104. The van der Waals surface area contributed by atoms with Crippen molar-refractivity contribution in [3.8, 4) is 16.9 Å². The number of carbonyl (C=O) groups is 8.